The van der Waals surface area contributed by atoms with E-state index >= 15 is 0 Å². The van der Waals surface area contributed by atoms with E-state index in [-0.39, 0.29) is 6.61 Å². The van der Waals surface area contributed by atoms with Crippen molar-refractivity contribution in [2.75, 3.05) is 13.2 Å². The summed E-state index contributed by atoms with van der Waals surface area (Å²) in [7, 11) is 0. The van der Waals surface area contributed by atoms with Crippen LogP contribution in [0.25, 0.3) is 0 Å². The lowest BCUT2D eigenvalue weighted by Crippen LogP contribution is -1.86. The minimum absolute atomic E-state index is 0.284. The Bertz CT molecular complexity index is 32.9. The molecule has 6 heavy (non-hydrogen) atoms. The fraction of sp³-hybridized carbons (Fsp3) is 0.400. The second-order valence-corrected chi connectivity index (χ2v) is 0.826. The van der Waals surface area contributed by atoms with Gasteiger partial charge in [-0.1, -0.05) is 6.08 Å². The van der Waals surface area contributed by atoms with Crippen LogP contribution in [0.3, 0.4) is 0 Å². The molecule has 0 aliphatic heterocycles. The number of ether oxygens (including phenoxy) is 1. The van der Waals surface area contributed by atoms with E-state index in [1.165, 1.54) is 0 Å². The van der Waals surface area contributed by atoms with Crippen LogP contribution in [0, 0.1) is 6.92 Å². The average Bonchev–Trinajstić information content (AvgIpc) is 1.61. The Hall–Kier alpha value is -0.300. The maximum Gasteiger partial charge on any atom is 0.0644 e. The van der Waals surface area contributed by atoms with Gasteiger partial charge in [-0.2, -0.15) is 0 Å². The van der Waals surface area contributed by atoms with E-state index in [1.54, 1.807) is 6.08 Å². The molecule has 34 valence electrons. The zero-order valence-electron chi connectivity index (χ0n) is 3.68. The molecule has 1 heteroatoms. The van der Waals surface area contributed by atoms with Crippen LogP contribution >= 0.6 is 0 Å². The molecule has 0 amide bonds. The third-order valence-corrected chi connectivity index (χ3v) is 0.354. The van der Waals surface area contributed by atoms with Gasteiger partial charge in [0.1, 0.15) is 0 Å². The van der Waals surface area contributed by atoms with Gasteiger partial charge in [-0.15, -0.1) is 6.58 Å². The van der Waals surface area contributed by atoms with Crippen LogP contribution in [0.2, 0.25) is 0 Å². The Balaban J connectivity index is 2.49. The van der Waals surface area contributed by atoms with Gasteiger partial charge in [0.05, 0.1) is 13.2 Å². The number of hydrogen-bond acceptors (Lipinski definition) is 1. The number of rotatable bonds is 3. The predicted octanol–water partition coefficient (Wildman–Crippen LogP) is 0.900. The third kappa shape index (κ3) is 3.70. The molecule has 0 rings (SSSR count). The Morgan fingerprint density at radius 1 is 1.83 bits per heavy atom. The van der Waals surface area contributed by atoms with Crippen LogP contribution in [0.1, 0.15) is 0 Å². The fourth-order valence-corrected chi connectivity index (χ4v) is 0.151. The highest BCUT2D eigenvalue weighted by Gasteiger charge is 1.68. The maximum absolute atomic E-state index is 4.94. The summed E-state index contributed by atoms with van der Waals surface area (Å²) in [6.07, 6.45) is 1.66. The van der Waals surface area contributed by atoms with Crippen molar-refractivity contribution in [3.05, 3.63) is 19.6 Å². The lowest BCUT2D eigenvalue weighted by molar-refractivity contribution is 0.192. The summed E-state index contributed by atoms with van der Waals surface area (Å²) >= 11 is 0. The molecule has 1 nitrogen and oxygen atoms in total. The molecule has 0 aliphatic rings. The Labute approximate surface area is 38.6 Å². The molecule has 0 atom stereocenters. The zero-order chi connectivity index (χ0) is 4.83. The summed E-state index contributed by atoms with van der Waals surface area (Å²) < 4.78 is 4.64. The van der Waals surface area contributed by atoms with Gasteiger partial charge in [-0.3, -0.25) is 0 Å². The second-order valence-electron chi connectivity index (χ2n) is 0.826. The molecule has 0 saturated heterocycles. The van der Waals surface area contributed by atoms with Gasteiger partial charge in [0, 0.05) is 0 Å². The van der Waals surface area contributed by atoms with E-state index < -0.39 is 0 Å². The smallest absolute Gasteiger partial charge is 0.0644 e. The Morgan fingerprint density at radius 3 is 2.67 bits per heavy atom. The predicted molar refractivity (Wildman–Crippen MR) is 25.3 cm³/mol. The highest BCUT2D eigenvalue weighted by atomic mass is 16.5. The van der Waals surface area contributed by atoms with E-state index in [0.717, 1.165) is 0 Å². The lowest BCUT2D eigenvalue weighted by atomic mass is 10.7. The van der Waals surface area contributed by atoms with Gasteiger partial charge in [0.25, 0.3) is 0 Å². The van der Waals surface area contributed by atoms with E-state index in [9.17, 15) is 0 Å². The molecule has 0 heterocycles. The monoisotopic (exact) mass is 84.1 g/mol. The average molecular weight is 84.1 g/mol. The van der Waals surface area contributed by atoms with Crippen molar-refractivity contribution < 1.29 is 4.74 Å². The molecule has 0 unspecified atom stereocenters. The molecule has 0 aliphatic carbocycles. The van der Waals surface area contributed by atoms with Crippen LogP contribution < -0.4 is 0 Å². The summed E-state index contributed by atoms with van der Waals surface area (Å²) in [6, 6.07) is 0. The summed E-state index contributed by atoms with van der Waals surface area (Å²) in [5.74, 6) is 0. The van der Waals surface area contributed by atoms with Crippen LogP contribution in [-0.2, 0) is 4.74 Å². The first-order valence-corrected chi connectivity index (χ1v) is 1.80. The molecule has 0 saturated carbocycles. The molecule has 0 aromatic heterocycles. The van der Waals surface area contributed by atoms with Gasteiger partial charge in [0.15, 0.2) is 0 Å². The summed E-state index contributed by atoms with van der Waals surface area (Å²) in [4.78, 5) is 0. The molecule has 0 N–H and O–H groups in total. The van der Waals surface area contributed by atoms with Crippen LogP contribution in [-0.4, -0.2) is 13.2 Å². The molecule has 0 spiro atoms. The van der Waals surface area contributed by atoms with Gasteiger partial charge in [-0.25, -0.2) is 0 Å². The van der Waals surface area contributed by atoms with Crippen molar-refractivity contribution in [2.45, 2.75) is 0 Å². The second kappa shape index (κ2) is 4.70. The van der Waals surface area contributed by atoms with Crippen molar-refractivity contribution in [3.8, 4) is 0 Å². The molecule has 2 radical (unpaired) electrons. The summed E-state index contributed by atoms with van der Waals surface area (Å²) in [5.41, 5.74) is 0. The Morgan fingerprint density at radius 2 is 2.50 bits per heavy atom. The molecule has 0 aromatic carbocycles. The van der Waals surface area contributed by atoms with Crippen molar-refractivity contribution in [3.63, 3.8) is 0 Å². The van der Waals surface area contributed by atoms with Gasteiger partial charge < -0.3 is 4.74 Å². The van der Waals surface area contributed by atoms with Gasteiger partial charge in [-0.05, 0) is 6.92 Å². The van der Waals surface area contributed by atoms with Crippen molar-refractivity contribution >= 4 is 0 Å². The van der Waals surface area contributed by atoms with E-state index in [4.69, 9.17) is 6.92 Å². The maximum atomic E-state index is 4.94. The lowest BCUT2D eigenvalue weighted by Gasteiger charge is -1.87. The zero-order valence-corrected chi connectivity index (χ0v) is 3.68. The Kier molecular flexibility index (Phi) is 4.46. The topological polar surface area (TPSA) is 9.23 Å². The van der Waals surface area contributed by atoms with Crippen molar-refractivity contribution in [1.82, 2.24) is 0 Å². The van der Waals surface area contributed by atoms with E-state index in [2.05, 4.69) is 11.3 Å². The van der Waals surface area contributed by atoms with Gasteiger partial charge >= 0.3 is 0 Å². The van der Waals surface area contributed by atoms with Crippen LogP contribution in [0.15, 0.2) is 12.7 Å². The molecule has 0 fully saturated rings. The van der Waals surface area contributed by atoms with Crippen molar-refractivity contribution in [2.24, 2.45) is 0 Å². The quantitative estimate of drug-likeness (QED) is 0.364. The first-order valence-electron chi connectivity index (χ1n) is 1.80. The van der Waals surface area contributed by atoms with Crippen LogP contribution in [0.5, 0.6) is 0 Å². The minimum atomic E-state index is 0.284. The van der Waals surface area contributed by atoms with E-state index in [0.29, 0.717) is 6.61 Å². The molecular weight excluding hydrogens is 76.1 g/mol. The highest BCUT2D eigenvalue weighted by molar-refractivity contribution is 4.63. The van der Waals surface area contributed by atoms with Crippen molar-refractivity contribution in [1.29, 1.82) is 0 Å². The summed E-state index contributed by atoms with van der Waals surface area (Å²) in [5, 5.41) is 0. The highest BCUT2D eigenvalue weighted by Crippen LogP contribution is 1.68. The van der Waals surface area contributed by atoms with E-state index in [1.807, 2.05) is 0 Å². The first kappa shape index (κ1) is 5.70. The third-order valence-electron chi connectivity index (χ3n) is 0.354. The normalized spacial score (nSPS) is 8.17. The standard InChI is InChI=1S/C5H8O/c1-3-5-6-4-2/h2-3H,1,4-5H2. The molecule has 0 aromatic rings. The fourth-order valence-electron chi connectivity index (χ4n) is 0.151. The minimum Gasteiger partial charge on any atom is -0.377 e. The van der Waals surface area contributed by atoms with Gasteiger partial charge in [0.2, 0.25) is 0 Å². The largest absolute Gasteiger partial charge is 0.377 e. The number of hydrogen-bond donors (Lipinski definition) is 0. The summed E-state index contributed by atoms with van der Waals surface area (Å²) in [6.45, 7) is 9.20. The molecule has 0 bridgehead atoms. The first-order chi connectivity index (χ1) is 2.91. The molecular formula is C5H8O. The van der Waals surface area contributed by atoms with Crippen LogP contribution in [0.4, 0.5) is 0 Å². The SMILES string of the molecule is [CH]COCC=C.